The van der Waals surface area contributed by atoms with Crippen LogP contribution in [-0.2, 0) is 0 Å². The van der Waals surface area contributed by atoms with E-state index in [1.165, 1.54) is 0 Å². The van der Waals surface area contributed by atoms with Crippen molar-refractivity contribution in [3.8, 4) is 0 Å². The predicted octanol–water partition coefficient (Wildman–Crippen LogP) is 2.69. The van der Waals surface area contributed by atoms with Gasteiger partial charge in [-0.15, -0.1) is 0 Å². The molecule has 1 aliphatic rings. The summed E-state index contributed by atoms with van der Waals surface area (Å²) in [5.41, 5.74) is 0.870. The van der Waals surface area contributed by atoms with E-state index < -0.39 is 0 Å². The number of hydrogen-bond acceptors (Lipinski definition) is 1. The Bertz CT molecular complexity index is 381. The SMILES string of the molecule is S=C1NCCN1c1cccc(Cl)c1Cl. The molecule has 0 radical (unpaired) electrons. The molecule has 0 spiro atoms. The van der Waals surface area contributed by atoms with E-state index in [0.29, 0.717) is 15.2 Å². The minimum atomic E-state index is 0.555. The molecule has 1 N–H and O–H groups in total. The van der Waals surface area contributed by atoms with E-state index in [0.717, 1.165) is 18.8 Å². The fourth-order valence-electron chi connectivity index (χ4n) is 1.40. The number of thiocarbonyl (C=S) groups is 1. The number of hydrogen-bond donors (Lipinski definition) is 1. The van der Waals surface area contributed by atoms with E-state index in [-0.39, 0.29) is 0 Å². The second-order valence-corrected chi connectivity index (χ2v) is 4.13. The average molecular weight is 247 g/mol. The van der Waals surface area contributed by atoms with Crippen LogP contribution in [0.5, 0.6) is 0 Å². The highest BCUT2D eigenvalue weighted by molar-refractivity contribution is 7.80. The molecule has 1 aromatic rings. The monoisotopic (exact) mass is 246 g/mol. The summed E-state index contributed by atoms with van der Waals surface area (Å²) in [6.07, 6.45) is 0. The van der Waals surface area contributed by atoms with Crippen molar-refractivity contribution in [1.29, 1.82) is 0 Å². The number of nitrogens with zero attached hydrogens (tertiary/aromatic N) is 1. The Labute approximate surface area is 97.8 Å². The molecule has 1 aliphatic heterocycles. The van der Waals surface area contributed by atoms with Gasteiger partial charge < -0.3 is 10.2 Å². The standard InChI is InChI=1S/C9H8Cl2N2S/c10-6-2-1-3-7(8(6)11)13-5-4-12-9(13)14/h1-3H,4-5H2,(H,12,14). The number of nitrogens with one attached hydrogen (secondary N) is 1. The van der Waals surface area contributed by atoms with Gasteiger partial charge in [-0.3, -0.25) is 0 Å². The van der Waals surface area contributed by atoms with Crippen LogP contribution in [0.2, 0.25) is 10.0 Å². The van der Waals surface area contributed by atoms with E-state index in [2.05, 4.69) is 5.32 Å². The van der Waals surface area contributed by atoms with Crippen molar-refractivity contribution in [1.82, 2.24) is 5.32 Å². The van der Waals surface area contributed by atoms with Crippen molar-refractivity contribution in [2.24, 2.45) is 0 Å². The van der Waals surface area contributed by atoms with E-state index >= 15 is 0 Å². The lowest BCUT2D eigenvalue weighted by Crippen LogP contribution is -2.27. The molecule has 1 saturated heterocycles. The molecular weight excluding hydrogens is 239 g/mol. The van der Waals surface area contributed by atoms with Gasteiger partial charge in [0.2, 0.25) is 0 Å². The number of benzene rings is 1. The Hall–Kier alpha value is -0.510. The molecule has 14 heavy (non-hydrogen) atoms. The van der Waals surface area contributed by atoms with Crippen LogP contribution < -0.4 is 10.2 Å². The first-order valence-electron chi connectivity index (χ1n) is 4.19. The summed E-state index contributed by atoms with van der Waals surface area (Å²) in [4.78, 5) is 1.95. The number of halogens is 2. The summed E-state index contributed by atoms with van der Waals surface area (Å²) in [6, 6.07) is 5.54. The highest BCUT2D eigenvalue weighted by atomic mass is 35.5. The Morgan fingerprint density at radius 2 is 2.14 bits per heavy atom. The molecule has 0 atom stereocenters. The van der Waals surface area contributed by atoms with Crippen molar-refractivity contribution >= 4 is 46.2 Å². The normalized spacial score (nSPS) is 15.9. The van der Waals surface area contributed by atoms with Gasteiger partial charge in [0.05, 0.1) is 15.7 Å². The van der Waals surface area contributed by atoms with Crippen LogP contribution in [-0.4, -0.2) is 18.2 Å². The maximum Gasteiger partial charge on any atom is 0.173 e. The molecule has 0 bridgehead atoms. The van der Waals surface area contributed by atoms with Crippen molar-refractivity contribution in [3.63, 3.8) is 0 Å². The van der Waals surface area contributed by atoms with Crippen molar-refractivity contribution in [3.05, 3.63) is 28.2 Å². The van der Waals surface area contributed by atoms with Crippen molar-refractivity contribution < 1.29 is 0 Å². The fraction of sp³-hybridized carbons (Fsp3) is 0.222. The summed E-state index contributed by atoms with van der Waals surface area (Å²) >= 11 is 17.1. The lowest BCUT2D eigenvalue weighted by molar-refractivity contribution is 0.975. The van der Waals surface area contributed by atoms with Gasteiger partial charge in [0.15, 0.2) is 5.11 Å². The zero-order valence-corrected chi connectivity index (χ0v) is 9.59. The fourth-order valence-corrected chi connectivity index (χ4v) is 2.09. The molecule has 0 unspecified atom stereocenters. The van der Waals surface area contributed by atoms with Crippen LogP contribution in [0.4, 0.5) is 5.69 Å². The van der Waals surface area contributed by atoms with Gasteiger partial charge in [-0.1, -0.05) is 29.3 Å². The van der Waals surface area contributed by atoms with E-state index in [4.69, 9.17) is 35.4 Å². The Morgan fingerprint density at radius 3 is 2.79 bits per heavy atom. The molecule has 2 nitrogen and oxygen atoms in total. The first-order chi connectivity index (χ1) is 6.70. The molecule has 5 heteroatoms. The molecule has 1 aromatic carbocycles. The summed E-state index contributed by atoms with van der Waals surface area (Å²) < 4.78 is 0. The van der Waals surface area contributed by atoms with Crippen LogP contribution in [0.25, 0.3) is 0 Å². The molecule has 2 rings (SSSR count). The van der Waals surface area contributed by atoms with Crippen LogP contribution in [0.15, 0.2) is 18.2 Å². The maximum atomic E-state index is 6.08. The van der Waals surface area contributed by atoms with E-state index in [9.17, 15) is 0 Å². The van der Waals surface area contributed by atoms with Gasteiger partial charge in [-0.2, -0.15) is 0 Å². The Kier molecular flexibility index (Phi) is 2.81. The van der Waals surface area contributed by atoms with Crippen molar-refractivity contribution in [2.75, 3.05) is 18.0 Å². The first-order valence-corrected chi connectivity index (χ1v) is 5.36. The molecule has 0 aromatic heterocycles. The molecule has 0 saturated carbocycles. The van der Waals surface area contributed by atoms with Crippen LogP contribution in [0.1, 0.15) is 0 Å². The van der Waals surface area contributed by atoms with Crippen molar-refractivity contribution in [2.45, 2.75) is 0 Å². The van der Waals surface area contributed by atoms with Gasteiger partial charge in [0.25, 0.3) is 0 Å². The lowest BCUT2D eigenvalue weighted by Gasteiger charge is -2.18. The second-order valence-electron chi connectivity index (χ2n) is 2.96. The Morgan fingerprint density at radius 1 is 1.36 bits per heavy atom. The number of anilines is 1. The quantitative estimate of drug-likeness (QED) is 0.768. The third-order valence-corrected chi connectivity index (χ3v) is 3.25. The first kappa shape index (κ1) is 10.0. The minimum Gasteiger partial charge on any atom is -0.360 e. The highest BCUT2D eigenvalue weighted by Crippen LogP contribution is 2.32. The van der Waals surface area contributed by atoms with Crippen LogP contribution >= 0.6 is 35.4 Å². The molecule has 0 aliphatic carbocycles. The molecule has 1 fully saturated rings. The third-order valence-electron chi connectivity index (χ3n) is 2.08. The van der Waals surface area contributed by atoms with Gasteiger partial charge in [-0.25, -0.2) is 0 Å². The molecule has 74 valence electrons. The average Bonchev–Trinajstić information content (AvgIpc) is 2.57. The molecule has 1 heterocycles. The van der Waals surface area contributed by atoms with Gasteiger partial charge in [-0.05, 0) is 24.4 Å². The topological polar surface area (TPSA) is 15.3 Å². The zero-order chi connectivity index (χ0) is 10.1. The lowest BCUT2D eigenvalue weighted by atomic mass is 10.3. The van der Waals surface area contributed by atoms with Crippen LogP contribution in [0, 0.1) is 0 Å². The van der Waals surface area contributed by atoms with Crippen LogP contribution in [0.3, 0.4) is 0 Å². The van der Waals surface area contributed by atoms with Gasteiger partial charge in [0.1, 0.15) is 0 Å². The zero-order valence-electron chi connectivity index (χ0n) is 7.26. The summed E-state index contributed by atoms with van der Waals surface area (Å²) in [7, 11) is 0. The summed E-state index contributed by atoms with van der Waals surface area (Å²) in [6.45, 7) is 1.68. The highest BCUT2D eigenvalue weighted by Gasteiger charge is 2.20. The summed E-state index contributed by atoms with van der Waals surface area (Å²) in [5, 5.41) is 4.88. The van der Waals surface area contributed by atoms with E-state index in [1.807, 2.05) is 17.0 Å². The molecular formula is C9H8Cl2N2S. The van der Waals surface area contributed by atoms with E-state index in [1.54, 1.807) is 6.07 Å². The number of rotatable bonds is 1. The Balaban J connectivity index is 2.41. The molecule has 0 amide bonds. The predicted molar refractivity (Wildman–Crippen MR) is 64.4 cm³/mol. The third kappa shape index (κ3) is 1.67. The summed E-state index contributed by atoms with van der Waals surface area (Å²) in [5.74, 6) is 0. The van der Waals surface area contributed by atoms with Gasteiger partial charge in [0, 0.05) is 13.1 Å². The minimum absolute atomic E-state index is 0.555. The largest absolute Gasteiger partial charge is 0.360 e. The maximum absolute atomic E-state index is 6.08. The smallest absolute Gasteiger partial charge is 0.173 e. The van der Waals surface area contributed by atoms with Gasteiger partial charge >= 0.3 is 0 Å². The second kappa shape index (κ2) is 3.93.